The first kappa shape index (κ1) is 13.1. The minimum Gasteiger partial charge on any atom is -0.301 e. The highest BCUT2D eigenvalue weighted by Gasteiger charge is 2.16. The highest BCUT2D eigenvalue weighted by Crippen LogP contribution is 2.29. The molecular weight excluding hydrogens is 262 g/mol. The molecule has 0 aliphatic heterocycles. The third kappa shape index (κ3) is 2.00. The molecule has 2 aromatic heterocycles. The van der Waals surface area contributed by atoms with E-state index in [2.05, 4.69) is 11.1 Å². The van der Waals surface area contributed by atoms with Crippen LogP contribution in [0.4, 0.5) is 0 Å². The number of pyridine rings is 2. The fraction of sp³-hybridized carbons (Fsp3) is 0.118. The van der Waals surface area contributed by atoms with Gasteiger partial charge in [-0.15, -0.1) is 0 Å². The second-order valence-electron chi connectivity index (χ2n) is 4.97. The van der Waals surface area contributed by atoms with Gasteiger partial charge in [-0.25, -0.2) is 0 Å². The quantitative estimate of drug-likeness (QED) is 0.686. The largest absolute Gasteiger partial charge is 0.301 e. The van der Waals surface area contributed by atoms with Crippen LogP contribution in [0, 0.1) is 18.3 Å². The third-order valence-corrected chi connectivity index (χ3v) is 3.57. The van der Waals surface area contributed by atoms with Gasteiger partial charge in [-0.1, -0.05) is 35.9 Å². The lowest BCUT2D eigenvalue weighted by Gasteiger charge is -2.12. The van der Waals surface area contributed by atoms with Crippen LogP contribution in [0.3, 0.4) is 0 Å². The van der Waals surface area contributed by atoms with E-state index < -0.39 is 0 Å². The van der Waals surface area contributed by atoms with Crippen molar-refractivity contribution in [3.63, 3.8) is 0 Å². The van der Waals surface area contributed by atoms with Gasteiger partial charge in [0.25, 0.3) is 5.56 Å². The minimum absolute atomic E-state index is 0.251. The van der Waals surface area contributed by atoms with Crippen LogP contribution in [0.15, 0.2) is 47.4 Å². The van der Waals surface area contributed by atoms with Crippen molar-refractivity contribution in [2.75, 3.05) is 0 Å². The fourth-order valence-corrected chi connectivity index (χ4v) is 2.56. The van der Waals surface area contributed by atoms with Gasteiger partial charge >= 0.3 is 0 Å². The molecular formula is C17H13N3O. The van der Waals surface area contributed by atoms with Gasteiger partial charge in [-0.2, -0.15) is 5.26 Å². The molecule has 0 unspecified atom stereocenters. The molecule has 0 saturated carbocycles. The number of aromatic nitrogens is 2. The first-order valence-electron chi connectivity index (χ1n) is 6.58. The molecule has 0 bridgehead atoms. The number of benzene rings is 1. The summed E-state index contributed by atoms with van der Waals surface area (Å²) >= 11 is 0. The number of nitrogens with zero attached hydrogens (tertiary/aromatic N) is 3. The maximum atomic E-state index is 12.3. The summed E-state index contributed by atoms with van der Waals surface area (Å²) in [4.78, 5) is 16.5. The van der Waals surface area contributed by atoms with E-state index >= 15 is 0 Å². The summed E-state index contributed by atoms with van der Waals surface area (Å²) in [6.45, 7) is 2.00. The second-order valence-corrected chi connectivity index (χ2v) is 4.97. The van der Waals surface area contributed by atoms with Crippen molar-refractivity contribution < 1.29 is 0 Å². The molecule has 0 N–H and O–H groups in total. The Morgan fingerprint density at radius 1 is 1.24 bits per heavy atom. The van der Waals surface area contributed by atoms with Gasteiger partial charge in [-0.05, 0) is 18.6 Å². The molecule has 0 fully saturated rings. The topological polar surface area (TPSA) is 58.7 Å². The Kier molecular flexibility index (Phi) is 3.03. The molecule has 0 radical (unpaired) electrons. The molecule has 3 aromatic rings. The molecule has 0 spiro atoms. The highest BCUT2D eigenvalue weighted by molar-refractivity contribution is 5.96. The average molecular weight is 275 g/mol. The molecule has 2 heterocycles. The van der Waals surface area contributed by atoms with Crippen LogP contribution in [0.25, 0.3) is 22.0 Å². The van der Waals surface area contributed by atoms with Crippen LogP contribution in [0.1, 0.15) is 11.3 Å². The third-order valence-electron chi connectivity index (χ3n) is 3.57. The molecule has 0 aliphatic rings. The van der Waals surface area contributed by atoms with Gasteiger partial charge in [-0.3, -0.25) is 9.78 Å². The van der Waals surface area contributed by atoms with Gasteiger partial charge in [0.15, 0.2) is 0 Å². The first-order valence-corrected chi connectivity index (χ1v) is 6.58. The Morgan fingerprint density at radius 3 is 2.76 bits per heavy atom. The van der Waals surface area contributed by atoms with Gasteiger partial charge in [0.1, 0.15) is 17.3 Å². The van der Waals surface area contributed by atoms with Crippen molar-refractivity contribution in [1.29, 1.82) is 5.26 Å². The summed E-state index contributed by atoms with van der Waals surface area (Å²) in [6, 6.07) is 13.7. The van der Waals surface area contributed by atoms with E-state index in [1.165, 1.54) is 4.57 Å². The highest BCUT2D eigenvalue weighted by atomic mass is 16.1. The fourth-order valence-electron chi connectivity index (χ4n) is 2.56. The number of hydrogen-bond donors (Lipinski definition) is 0. The Labute approximate surface area is 121 Å². The van der Waals surface area contributed by atoms with E-state index in [-0.39, 0.29) is 5.56 Å². The summed E-state index contributed by atoms with van der Waals surface area (Å²) in [7, 11) is 1.61. The van der Waals surface area contributed by atoms with Crippen molar-refractivity contribution >= 4 is 10.9 Å². The lowest BCUT2D eigenvalue weighted by atomic mass is 9.98. The molecule has 0 amide bonds. The summed E-state index contributed by atoms with van der Waals surface area (Å²) in [5.74, 6) is 0. The van der Waals surface area contributed by atoms with E-state index in [1.807, 2.05) is 37.3 Å². The van der Waals surface area contributed by atoms with E-state index in [0.29, 0.717) is 16.6 Å². The summed E-state index contributed by atoms with van der Waals surface area (Å²) in [5.41, 5.74) is 3.26. The molecule has 0 aliphatic carbocycles. The van der Waals surface area contributed by atoms with Gasteiger partial charge < -0.3 is 4.57 Å². The number of hydrogen-bond acceptors (Lipinski definition) is 3. The van der Waals surface area contributed by atoms with E-state index in [4.69, 9.17) is 0 Å². The molecule has 4 nitrogen and oxygen atoms in total. The van der Waals surface area contributed by atoms with Gasteiger partial charge in [0, 0.05) is 24.2 Å². The average Bonchev–Trinajstić information content (AvgIpc) is 2.50. The first-order chi connectivity index (χ1) is 10.1. The number of fused-ring (bicyclic) bond motifs is 1. The minimum atomic E-state index is -0.251. The molecule has 21 heavy (non-hydrogen) atoms. The Bertz CT molecular complexity index is 948. The standard InChI is InChI=1S/C17H13N3O/c1-11-5-3-6-12(9-11)15-13-7-4-8-19-16(13)17(21)20(2)14(15)10-18/h3-9H,1-2H3. The monoisotopic (exact) mass is 275 g/mol. The molecule has 4 heteroatoms. The van der Waals surface area contributed by atoms with Crippen molar-refractivity contribution in [3.05, 3.63) is 64.2 Å². The Hall–Kier alpha value is -2.93. The number of nitriles is 1. The van der Waals surface area contributed by atoms with Gasteiger partial charge in [0.05, 0.1) is 0 Å². The van der Waals surface area contributed by atoms with Crippen LogP contribution in [0.2, 0.25) is 0 Å². The summed E-state index contributed by atoms with van der Waals surface area (Å²) in [5, 5.41) is 10.2. The lowest BCUT2D eigenvalue weighted by Crippen LogP contribution is -2.21. The SMILES string of the molecule is Cc1cccc(-c2c(C#N)n(C)c(=O)c3ncccc23)c1. The molecule has 102 valence electrons. The number of rotatable bonds is 1. The Balaban J connectivity index is 2.55. The zero-order valence-electron chi connectivity index (χ0n) is 11.8. The Morgan fingerprint density at radius 2 is 2.05 bits per heavy atom. The summed E-state index contributed by atoms with van der Waals surface area (Å²) in [6.07, 6.45) is 1.59. The van der Waals surface area contributed by atoms with E-state index in [1.54, 1.807) is 19.3 Å². The predicted octanol–water partition coefficient (Wildman–Crippen LogP) is 2.78. The van der Waals surface area contributed by atoms with Gasteiger partial charge in [0.2, 0.25) is 0 Å². The normalized spacial score (nSPS) is 10.5. The van der Waals surface area contributed by atoms with E-state index in [0.717, 1.165) is 16.7 Å². The maximum Gasteiger partial charge on any atom is 0.277 e. The summed E-state index contributed by atoms with van der Waals surface area (Å²) < 4.78 is 1.37. The predicted molar refractivity (Wildman–Crippen MR) is 81.9 cm³/mol. The van der Waals surface area contributed by atoms with Crippen LogP contribution in [0.5, 0.6) is 0 Å². The van der Waals surface area contributed by atoms with Crippen LogP contribution >= 0.6 is 0 Å². The smallest absolute Gasteiger partial charge is 0.277 e. The number of aryl methyl sites for hydroxylation is 1. The van der Waals surface area contributed by atoms with Crippen LogP contribution in [-0.4, -0.2) is 9.55 Å². The molecule has 0 saturated heterocycles. The molecule has 0 atom stereocenters. The second kappa shape index (κ2) is 4.88. The zero-order chi connectivity index (χ0) is 15.0. The van der Waals surface area contributed by atoms with Crippen molar-refractivity contribution in [2.45, 2.75) is 6.92 Å². The van der Waals surface area contributed by atoms with E-state index in [9.17, 15) is 10.1 Å². The molecule has 1 aromatic carbocycles. The maximum absolute atomic E-state index is 12.3. The van der Waals surface area contributed by atoms with Crippen molar-refractivity contribution in [3.8, 4) is 17.2 Å². The van der Waals surface area contributed by atoms with Crippen molar-refractivity contribution in [2.24, 2.45) is 7.05 Å². The van der Waals surface area contributed by atoms with Crippen LogP contribution < -0.4 is 5.56 Å². The molecule has 3 rings (SSSR count). The van der Waals surface area contributed by atoms with Crippen molar-refractivity contribution in [1.82, 2.24) is 9.55 Å². The zero-order valence-corrected chi connectivity index (χ0v) is 11.8. The van der Waals surface area contributed by atoms with Crippen LogP contribution in [-0.2, 0) is 7.05 Å². The lowest BCUT2D eigenvalue weighted by molar-refractivity contribution is 0.853.